The molecule has 2 N–H and O–H groups in total. The zero-order chi connectivity index (χ0) is 18.5. The predicted octanol–water partition coefficient (Wildman–Crippen LogP) is 3.81. The maximum Gasteiger partial charge on any atom is 0.191 e. The summed E-state index contributed by atoms with van der Waals surface area (Å²) in [5.41, 5.74) is 2.33. The molecule has 27 heavy (non-hydrogen) atoms. The third kappa shape index (κ3) is 4.18. The van der Waals surface area contributed by atoms with Gasteiger partial charge in [-0.1, -0.05) is 36.4 Å². The molecule has 1 fully saturated rings. The van der Waals surface area contributed by atoms with Crippen LogP contribution in [0, 0.1) is 0 Å². The second-order valence-corrected chi connectivity index (χ2v) is 7.08. The summed E-state index contributed by atoms with van der Waals surface area (Å²) in [5, 5.41) is 6.96. The normalized spacial score (nSPS) is 19.4. The molecule has 0 aromatic heterocycles. The van der Waals surface area contributed by atoms with Crippen LogP contribution in [0.5, 0.6) is 11.5 Å². The van der Waals surface area contributed by atoms with Gasteiger partial charge in [-0.2, -0.15) is 0 Å². The topological polar surface area (TPSA) is 54.9 Å². The van der Waals surface area contributed by atoms with Crippen molar-refractivity contribution < 1.29 is 9.47 Å². The van der Waals surface area contributed by atoms with Crippen molar-refractivity contribution in [3.8, 4) is 11.5 Å². The van der Waals surface area contributed by atoms with Crippen molar-refractivity contribution in [1.82, 2.24) is 10.6 Å². The van der Waals surface area contributed by atoms with Crippen LogP contribution in [0.15, 0.2) is 53.5 Å². The first-order valence-corrected chi connectivity index (χ1v) is 9.77. The Morgan fingerprint density at radius 1 is 1.11 bits per heavy atom. The van der Waals surface area contributed by atoms with Gasteiger partial charge in [-0.05, 0) is 31.4 Å². The zero-order valence-corrected chi connectivity index (χ0v) is 15.8. The van der Waals surface area contributed by atoms with E-state index in [4.69, 9.17) is 9.47 Å². The summed E-state index contributed by atoms with van der Waals surface area (Å²) in [5.74, 6) is 2.72. The van der Waals surface area contributed by atoms with E-state index in [1.807, 2.05) is 24.3 Å². The van der Waals surface area contributed by atoms with Crippen molar-refractivity contribution >= 4 is 5.96 Å². The second kappa shape index (κ2) is 8.33. The third-order valence-electron chi connectivity index (χ3n) is 5.26. The summed E-state index contributed by atoms with van der Waals surface area (Å²) < 4.78 is 11.9. The molecule has 5 heteroatoms. The van der Waals surface area contributed by atoms with Gasteiger partial charge in [-0.3, -0.25) is 4.99 Å². The number of benzene rings is 2. The Morgan fingerprint density at radius 2 is 1.93 bits per heavy atom. The van der Waals surface area contributed by atoms with Gasteiger partial charge in [0, 0.05) is 31.1 Å². The Kier molecular flexibility index (Phi) is 5.47. The van der Waals surface area contributed by atoms with Crippen molar-refractivity contribution in [3.05, 3.63) is 59.7 Å². The van der Waals surface area contributed by atoms with E-state index >= 15 is 0 Å². The number of rotatable bonds is 5. The van der Waals surface area contributed by atoms with Gasteiger partial charge in [-0.15, -0.1) is 0 Å². The van der Waals surface area contributed by atoms with Gasteiger partial charge in [0.1, 0.15) is 11.5 Å². The zero-order valence-electron chi connectivity index (χ0n) is 15.8. The lowest BCUT2D eigenvalue weighted by Gasteiger charge is -2.29. The number of hydrogen-bond donors (Lipinski definition) is 2. The maximum atomic E-state index is 6.13. The lowest BCUT2D eigenvalue weighted by molar-refractivity contribution is 0.119. The first-order valence-electron chi connectivity index (χ1n) is 9.77. The molecule has 0 spiro atoms. The number of para-hydroxylation sites is 2. The van der Waals surface area contributed by atoms with E-state index in [2.05, 4.69) is 39.9 Å². The lowest BCUT2D eigenvalue weighted by atomic mass is 9.96. The minimum atomic E-state index is 0.197. The van der Waals surface area contributed by atoms with Gasteiger partial charge < -0.3 is 20.1 Å². The van der Waals surface area contributed by atoms with Crippen molar-refractivity contribution in [3.63, 3.8) is 0 Å². The highest BCUT2D eigenvalue weighted by Gasteiger charge is 2.22. The van der Waals surface area contributed by atoms with Gasteiger partial charge >= 0.3 is 0 Å². The summed E-state index contributed by atoms with van der Waals surface area (Å²) in [7, 11) is 1.80. The molecule has 2 aromatic rings. The molecular formula is C22H27N3O2. The number of fused-ring (bicyclic) bond motifs is 1. The monoisotopic (exact) mass is 365 g/mol. The molecule has 142 valence electrons. The van der Waals surface area contributed by atoms with Crippen LogP contribution in [0.4, 0.5) is 0 Å². The lowest BCUT2D eigenvalue weighted by Crippen LogP contribution is -2.40. The van der Waals surface area contributed by atoms with E-state index in [0.29, 0.717) is 19.3 Å². The number of aliphatic imine (C=N–C) groups is 1. The van der Waals surface area contributed by atoms with Crippen LogP contribution < -0.4 is 20.1 Å². The molecule has 4 rings (SSSR count). The highest BCUT2D eigenvalue weighted by molar-refractivity contribution is 5.80. The fraction of sp³-hybridized carbons (Fsp3) is 0.409. The molecule has 1 atom stereocenters. The van der Waals surface area contributed by atoms with Crippen molar-refractivity contribution in [1.29, 1.82) is 0 Å². The first-order chi connectivity index (χ1) is 13.3. The van der Waals surface area contributed by atoms with E-state index in [0.717, 1.165) is 42.3 Å². The van der Waals surface area contributed by atoms with Gasteiger partial charge in [0.2, 0.25) is 0 Å². The summed E-state index contributed by atoms with van der Waals surface area (Å²) in [6.07, 6.45) is 4.89. The molecule has 0 amide bonds. The first kappa shape index (κ1) is 17.7. The van der Waals surface area contributed by atoms with Crippen molar-refractivity contribution in [2.24, 2.45) is 4.99 Å². The predicted molar refractivity (Wildman–Crippen MR) is 107 cm³/mol. The standard InChI is InChI=1S/C22H27N3O2/c1-23-22(25-19-13-14-26-21-12-5-3-10-18(19)21)24-15-16-7-2-4-11-20(16)27-17-8-6-9-17/h2-5,7,10-12,17,19H,6,8-9,13-15H2,1H3,(H2,23,24,25). The molecule has 1 aliphatic heterocycles. The summed E-state index contributed by atoms with van der Waals surface area (Å²) in [4.78, 5) is 4.40. The van der Waals surface area contributed by atoms with E-state index in [-0.39, 0.29) is 6.04 Å². The molecule has 1 aliphatic carbocycles. The Bertz CT molecular complexity index is 802. The fourth-order valence-corrected chi connectivity index (χ4v) is 3.46. The molecule has 0 bridgehead atoms. The summed E-state index contributed by atoms with van der Waals surface area (Å²) >= 11 is 0. The summed E-state index contributed by atoms with van der Waals surface area (Å²) in [6.45, 7) is 1.39. The molecule has 0 radical (unpaired) electrons. The van der Waals surface area contributed by atoms with E-state index in [1.165, 1.54) is 12.0 Å². The van der Waals surface area contributed by atoms with Gasteiger partial charge in [0.15, 0.2) is 5.96 Å². The van der Waals surface area contributed by atoms with Crippen LogP contribution >= 0.6 is 0 Å². The van der Waals surface area contributed by atoms with Gasteiger partial charge in [0.05, 0.1) is 18.8 Å². The van der Waals surface area contributed by atoms with E-state index in [1.54, 1.807) is 7.05 Å². The third-order valence-corrected chi connectivity index (χ3v) is 5.26. The Morgan fingerprint density at radius 3 is 2.74 bits per heavy atom. The smallest absolute Gasteiger partial charge is 0.191 e. The van der Waals surface area contributed by atoms with Crippen LogP contribution in [0.2, 0.25) is 0 Å². The number of guanidine groups is 1. The fourth-order valence-electron chi connectivity index (χ4n) is 3.46. The van der Waals surface area contributed by atoms with Gasteiger partial charge in [-0.25, -0.2) is 0 Å². The minimum Gasteiger partial charge on any atom is -0.493 e. The molecule has 5 nitrogen and oxygen atoms in total. The number of nitrogens with one attached hydrogen (secondary N) is 2. The van der Waals surface area contributed by atoms with Crippen LogP contribution in [0.1, 0.15) is 42.9 Å². The Balaban J connectivity index is 1.39. The minimum absolute atomic E-state index is 0.197. The molecule has 1 heterocycles. The molecule has 0 saturated heterocycles. The SMILES string of the molecule is CN=C(NCc1ccccc1OC1CCC1)NC1CCOc2ccccc21. The quantitative estimate of drug-likeness (QED) is 0.625. The molecule has 2 aliphatic rings. The number of ether oxygens (including phenoxy) is 2. The average molecular weight is 365 g/mol. The van der Waals surface area contributed by atoms with Crippen LogP contribution in [0.3, 0.4) is 0 Å². The Labute approximate surface area is 160 Å². The van der Waals surface area contributed by atoms with Gasteiger partial charge in [0.25, 0.3) is 0 Å². The van der Waals surface area contributed by atoms with E-state index < -0.39 is 0 Å². The van der Waals surface area contributed by atoms with Crippen LogP contribution in [0.25, 0.3) is 0 Å². The highest BCUT2D eigenvalue weighted by Crippen LogP contribution is 2.31. The number of hydrogen-bond acceptors (Lipinski definition) is 3. The molecule has 1 saturated carbocycles. The number of nitrogens with zero attached hydrogens (tertiary/aromatic N) is 1. The second-order valence-electron chi connectivity index (χ2n) is 7.08. The molecule has 1 unspecified atom stereocenters. The molecular weight excluding hydrogens is 338 g/mol. The Hall–Kier alpha value is -2.69. The highest BCUT2D eigenvalue weighted by atomic mass is 16.5. The van der Waals surface area contributed by atoms with E-state index in [9.17, 15) is 0 Å². The van der Waals surface area contributed by atoms with Crippen molar-refractivity contribution in [2.75, 3.05) is 13.7 Å². The van der Waals surface area contributed by atoms with Crippen molar-refractivity contribution in [2.45, 2.75) is 44.4 Å². The van der Waals surface area contributed by atoms with Crippen LogP contribution in [-0.2, 0) is 6.54 Å². The largest absolute Gasteiger partial charge is 0.493 e. The molecule has 2 aromatic carbocycles. The average Bonchev–Trinajstić information content (AvgIpc) is 2.69. The summed E-state index contributed by atoms with van der Waals surface area (Å²) in [6, 6.07) is 16.6. The maximum absolute atomic E-state index is 6.13. The van der Waals surface area contributed by atoms with Crippen LogP contribution in [-0.4, -0.2) is 25.7 Å².